The third-order valence-electron chi connectivity index (χ3n) is 2.16. The van der Waals surface area contributed by atoms with E-state index >= 15 is 0 Å². The fourth-order valence-electron chi connectivity index (χ4n) is 1.52. The van der Waals surface area contributed by atoms with E-state index in [4.69, 9.17) is 10.8 Å². The number of fused-ring (bicyclic) bond motifs is 1. The Morgan fingerprint density at radius 2 is 2.06 bits per heavy atom. The second-order valence-electron chi connectivity index (χ2n) is 3.10. The molecule has 0 saturated carbocycles. The Kier molecular flexibility index (Phi) is 5.06. The average molecular weight is 291 g/mol. The zero-order valence-corrected chi connectivity index (χ0v) is 11.8. The first kappa shape index (κ1) is 13.6. The lowest BCUT2D eigenvalue weighted by Crippen LogP contribution is -1.73. The summed E-state index contributed by atoms with van der Waals surface area (Å²) < 4.78 is 6.61. The Balaban J connectivity index is 0.000000686. The zero-order valence-electron chi connectivity index (χ0n) is 10.3. The highest BCUT2D eigenvalue weighted by Gasteiger charge is 2.11. The minimum absolute atomic E-state index is 0.738. The maximum atomic E-state index is 5.69. The van der Waals surface area contributed by atoms with Crippen molar-refractivity contribution in [2.45, 2.75) is 20.8 Å². The molecule has 0 fully saturated rings. The van der Waals surface area contributed by atoms with E-state index in [-0.39, 0.29) is 0 Å². The molecule has 0 saturated heterocycles. The van der Waals surface area contributed by atoms with Gasteiger partial charge in [-0.1, -0.05) is 31.9 Å². The molecule has 0 atom stereocenters. The van der Waals surface area contributed by atoms with Crippen molar-refractivity contribution in [3.05, 3.63) is 40.1 Å². The summed E-state index contributed by atoms with van der Waals surface area (Å²) in [6.07, 6.45) is 9.27. The number of hydrogen-bond donors (Lipinski definition) is 0. The minimum Gasteiger partial charge on any atom is -0.454 e. The molecule has 0 aliphatic carbocycles. The van der Waals surface area contributed by atoms with Crippen molar-refractivity contribution >= 4 is 33.0 Å². The summed E-state index contributed by atoms with van der Waals surface area (Å²) in [5.74, 6) is 3.40. The first-order valence-corrected chi connectivity index (χ1v) is 6.37. The minimum atomic E-state index is 0.738. The van der Waals surface area contributed by atoms with Gasteiger partial charge >= 0.3 is 0 Å². The van der Waals surface area contributed by atoms with Crippen LogP contribution in [0.15, 0.2) is 33.2 Å². The number of terminal acetylenes is 1. The van der Waals surface area contributed by atoms with Gasteiger partial charge in [0.25, 0.3) is 0 Å². The highest BCUT2D eigenvalue weighted by Crippen LogP contribution is 2.31. The largest absolute Gasteiger partial charge is 0.454 e. The zero-order chi connectivity index (χ0) is 12.8. The molecule has 0 aliphatic heterocycles. The summed E-state index contributed by atoms with van der Waals surface area (Å²) in [7, 11) is 0. The summed E-state index contributed by atoms with van der Waals surface area (Å²) in [4.78, 5) is 0. The quantitative estimate of drug-likeness (QED) is 0.655. The van der Waals surface area contributed by atoms with Gasteiger partial charge in [0.15, 0.2) is 0 Å². The molecule has 2 rings (SSSR count). The van der Waals surface area contributed by atoms with Gasteiger partial charge in [-0.05, 0) is 41.1 Å². The molecule has 17 heavy (non-hydrogen) atoms. The van der Waals surface area contributed by atoms with Crippen LogP contribution in [-0.4, -0.2) is 0 Å². The molecule has 0 spiro atoms. The smallest absolute Gasteiger partial charge is 0.150 e. The van der Waals surface area contributed by atoms with Crippen LogP contribution in [0.2, 0.25) is 0 Å². The van der Waals surface area contributed by atoms with Crippen molar-refractivity contribution in [1.82, 2.24) is 0 Å². The van der Waals surface area contributed by atoms with E-state index in [1.54, 1.807) is 0 Å². The lowest BCUT2D eigenvalue weighted by Gasteiger charge is -1.90. The fourth-order valence-corrected chi connectivity index (χ4v) is 1.97. The molecule has 0 N–H and O–H groups in total. The Morgan fingerprint density at radius 1 is 1.35 bits per heavy atom. The van der Waals surface area contributed by atoms with Crippen LogP contribution in [0, 0.1) is 12.3 Å². The van der Waals surface area contributed by atoms with Gasteiger partial charge in [-0.2, -0.15) is 0 Å². The SMILES string of the molecule is C#Cc1c(/C=C\C)oc2c(Br)cccc12.CC. The monoisotopic (exact) mass is 290 g/mol. The van der Waals surface area contributed by atoms with Crippen molar-refractivity contribution in [2.24, 2.45) is 0 Å². The van der Waals surface area contributed by atoms with Gasteiger partial charge in [0.2, 0.25) is 0 Å². The lowest BCUT2D eigenvalue weighted by molar-refractivity contribution is 0.601. The third kappa shape index (κ3) is 2.62. The summed E-state index contributed by atoms with van der Waals surface area (Å²) in [6.45, 7) is 5.93. The number of hydrogen-bond acceptors (Lipinski definition) is 1. The normalized spacial score (nSPS) is 10.1. The Bertz CT molecular complexity index is 570. The van der Waals surface area contributed by atoms with Gasteiger partial charge in [-0.3, -0.25) is 0 Å². The van der Waals surface area contributed by atoms with Crippen molar-refractivity contribution in [3.8, 4) is 12.3 Å². The van der Waals surface area contributed by atoms with Crippen molar-refractivity contribution in [2.75, 3.05) is 0 Å². The molecule has 0 bridgehead atoms. The predicted molar refractivity (Wildman–Crippen MR) is 77.9 cm³/mol. The van der Waals surface area contributed by atoms with Crippen LogP contribution in [0.25, 0.3) is 17.0 Å². The van der Waals surface area contributed by atoms with Crippen LogP contribution in [-0.2, 0) is 0 Å². The second-order valence-corrected chi connectivity index (χ2v) is 3.96. The molecule has 0 amide bonds. The summed E-state index contributed by atoms with van der Waals surface area (Å²) >= 11 is 3.44. The molecule has 2 aromatic rings. The van der Waals surface area contributed by atoms with E-state index in [1.165, 1.54) is 0 Å². The maximum Gasteiger partial charge on any atom is 0.150 e. The van der Waals surface area contributed by atoms with Crippen LogP contribution in [0.3, 0.4) is 0 Å². The van der Waals surface area contributed by atoms with E-state index in [0.717, 1.165) is 26.8 Å². The van der Waals surface area contributed by atoms with E-state index < -0.39 is 0 Å². The summed E-state index contributed by atoms with van der Waals surface area (Å²) in [5, 5.41) is 0.972. The highest BCUT2D eigenvalue weighted by molar-refractivity contribution is 9.10. The van der Waals surface area contributed by atoms with E-state index in [2.05, 4.69) is 21.9 Å². The number of rotatable bonds is 1. The first-order valence-electron chi connectivity index (χ1n) is 5.58. The molecule has 1 heterocycles. The summed E-state index contributed by atoms with van der Waals surface area (Å²) in [6, 6.07) is 5.85. The van der Waals surface area contributed by atoms with Gasteiger partial charge in [-0.15, -0.1) is 6.42 Å². The topological polar surface area (TPSA) is 13.1 Å². The van der Waals surface area contributed by atoms with Gasteiger partial charge in [0.1, 0.15) is 11.3 Å². The molecule has 0 aliphatic rings. The van der Waals surface area contributed by atoms with Crippen molar-refractivity contribution in [1.29, 1.82) is 0 Å². The molecule has 0 unspecified atom stereocenters. The van der Waals surface area contributed by atoms with E-state index in [1.807, 2.05) is 51.1 Å². The second kappa shape index (κ2) is 6.32. The van der Waals surface area contributed by atoms with Crippen LogP contribution in [0.4, 0.5) is 0 Å². The molecule has 0 radical (unpaired) electrons. The number of furan rings is 1. The third-order valence-corrected chi connectivity index (χ3v) is 2.78. The Morgan fingerprint density at radius 3 is 2.65 bits per heavy atom. The molecular weight excluding hydrogens is 276 g/mol. The summed E-state index contributed by atoms with van der Waals surface area (Å²) in [5.41, 5.74) is 1.61. The molecule has 1 aromatic heterocycles. The molecule has 1 aromatic carbocycles. The first-order chi connectivity index (χ1) is 8.27. The van der Waals surface area contributed by atoms with Crippen molar-refractivity contribution < 1.29 is 4.42 Å². The van der Waals surface area contributed by atoms with Gasteiger partial charge in [-0.25, -0.2) is 0 Å². The number of benzene rings is 1. The van der Waals surface area contributed by atoms with Crippen molar-refractivity contribution in [3.63, 3.8) is 0 Å². The number of allylic oxidation sites excluding steroid dienone is 1. The Labute approximate surface area is 111 Å². The molecule has 88 valence electrons. The fraction of sp³-hybridized carbons (Fsp3) is 0.200. The van der Waals surface area contributed by atoms with Gasteiger partial charge in [0.05, 0.1) is 10.0 Å². The maximum absolute atomic E-state index is 5.69. The highest BCUT2D eigenvalue weighted by atomic mass is 79.9. The molecule has 1 nitrogen and oxygen atoms in total. The van der Waals surface area contributed by atoms with E-state index in [0.29, 0.717) is 0 Å². The molecule has 2 heteroatoms. The molecular formula is C15H15BrO. The van der Waals surface area contributed by atoms with Gasteiger partial charge < -0.3 is 4.42 Å². The van der Waals surface area contributed by atoms with E-state index in [9.17, 15) is 0 Å². The number of para-hydroxylation sites is 1. The standard InChI is InChI=1S/C13H9BrO.C2H6/c1-3-6-12-9(4-2)10-7-5-8-11(14)13(10)15-12;1-2/h2-3,5-8H,1H3;1-2H3/b6-3-;. The lowest BCUT2D eigenvalue weighted by atomic mass is 10.1. The van der Waals surface area contributed by atoms with Gasteiger partial charge in [0, 0.05) is 5.39 Å². The van der Waals surface area contributed by atoms with Crippen LogP contribution >= 0.6 is 15.9 Å². The Hall–Kier alpha value is -1.46. The predicted octanol–water partition coefficient (Wildman–Crippen LogP) is 5.24. The average Bonchev–Trinajstić information content (AvgIpc) is 2.71. The van der Waals surface area contributed by atoms with Crippen LogP contribution < -0.4 is 0 Å². The number of halogens is 1. The van der Waals surface area contributed by atoms with Crippen LogP contribution in [0.1, 0.15) is 32.1 Å². The van der Waals surface area contributed by atoms with Crippen LogP contribution in [0.5, 0.6) is 0 Å².